The van der Waals surface area contributed by atoms with Crippen molar-refractivity contribution in [1.82, 2.24) is 4.98 Å². The third kappa shape index (κ3) is 4.26. The molecular weight excluding hydrogens is 237 g/mol. The van der Waals surface area contributed by atoms with Crippen LogP contribution in [-0.4, -0.2) is 35.3 Å². The quantitative estimate of drug-likeness (QED) is 0.557. The van der Waals surface area contributed by atoms with Crippen LogP contribution in [0.4, 0.5) is 0 Å². The first-order valence-electron chi connectivity index (χ1n) is 3.66. The molecule has 0 unspecified atom stereocenters. The minimum absolute atomic E-state index is 0.207. The Balaban J connectivity index is 2.51. The van der Waals surface area contributed by atoms with Gasteiger partial charge in [-0.2, -0.15) is 0 Å². The van der Waals surface area contributed by atoms with Crippen LogP contribution in [-0.2, 0) is 0 Å². The number of halogens is 1. The van der Waals surface area contributed by atoms with Crippen molar-refractivity contribution in [3.05, 3.63) is 22.8 Å². The van der Waals surface area contributed by atoms with E-state index < -0.39 is 5.69 Å². The highest BCUT2D eigenvalue weighted by Gasteiger charge is 2.15. The molecule has 6 heteroatoms. The second-order valence-corrected chi connectivity index (χ2v) is 3.74. The molecule has 0 saturated carbocycles. The van der Waals surface area contributed by atoms with Crippen LogP contribution in [0, 0.1) is 0 Å². The zero-order valence-corrected chi connectivity index (χ0v) is 8.65. The van der Waals surface area contributed by atoms with E-state index >= 15 is 0 Å². The average Bonchev–Trinajstić information content (AvgIpc) is 2.02. The lowest BCUT2D eigenvalue weighted by atomic mass is 9.96. The predicted molar refractivity (Wildman–Crippen MR) is 53.1 cm³/mol. The Labute approximate surface area is 85.1 Å². The minimum atomic E-state index is -1.82. The van der Waals surface area contributed by atoms with E-state index in [4.69, 9.17) is 14.9 Å². The molecule has 1 rings (SSSR count). The maximum Gasteiger partial charge on any atom is 0.213 e. The monoisotopic (exact) mass is 245 g/mol. The first kappa shape index (κ1) is 10.5. The van der Waals surface area contributed by atoms with Gasteiger partial charge in [0.1, 0.15) is 6.61 Å². The third-order valence-electron chi connectivity index (χ3n) is 1.19. The number of ether oxygens (including phenoxy) is 1. The Kier molecular flexibility index (Phi) is 3.30. The highest BCUT2D eigenvalue weighted by molar-refractivity contribution is 9.10. The number of aliphatic hydroxyl groups is 2. The minimum Gasteiger partial charge on any atom is -0.473 e. The van der Waals surface area contributed by atoms with E-state index in [1.54, 1.807) is 18.3 Å². The molecule has 13 heavy (non-hydrogen) atoms. The number of rotatable bonds is 3. The van der Waals surface area contributed by atoms with Crippen LogP contribution < -0.4 is 4.74 Å². The van der Waals surface area contributed by atoms with Crippen LogP contribution in [0.5, 0.6) is 5.88 Å². The molecule has 1 heterocycles. The lowest BCUT2D eigenvalue weighted by Gasteiger charge is -2.15. The lowest BCUT2D eigenvalue weighted by Crippen LogP contribution is -2.35. The summed E-state index contributed by atoms with van der Waals surface area (Å²) >= 11 is 3.22. The molecule has 0 radical (unpaired) electrons. The van der Waals surface area contributed by atoms with E-state index in [-0.39, 0.29) is 6.61 Å². The smallest absolute Gasteiger partial charge is 0.213 e. The van der Waals surface area contributed by atoms with Crippen LogP contribution >= 0.6 is 15.9 Å². The van der Waals surface area contributed by atoms with Crippen molar-refractivity contribution in [3.8, 4) is 5.88 Å². The first-order chi connectivity index (χ1) is 5.97. The molecule has 1 aromatic heterocycles. The average molecular weight is 246 g/mol. The van der Waals surface area contributed by atoms with Gasteiger partial charge in [-0.15, -0.1) is 0 Å². The van der Waals surface area contributed by atoms with Gasteiger partial charge in [0.2, 0.25) is 5.88 Å². The van der Waals surface area contributed by atoms with Crippen LogP contribution in [0.25, 0.3) is 0 Å². The fourth-order valence-electron chi connectivity index (χ4n) is 0.658. The highest BCUT2D eigenvalue weighted by Crippen LogP contribution is 2.12. The number of hydrogen-bond donors (Lipinski definition) is 2. The molecule has 0 bridgehead atoms. The first-order valence-corrected chi connectivity index (χ1v) is 4.46. The summed E-state index contributed by atoms with van der Waals surface area (Å²) in [5, 5.41) is 17.9. The molecule has 2 N–H and O–H groups in total. The lowest BCUT2D eigenvalue weighted by molar-refractivity contribution is -0.111. The maximum atomic E-state index is 8.93. The Hall–Kier alpha value is -0.585. The van der Waals surface area contributed by atoms with Gasteiger partial charge < -0.3 is 14.9 Å². The van der Waals surface area contributed by atoms with Gasteiger partial charge in [0.25, 0.3) is 0 Å². The second-order valence-electron chi connectivity index (χ2n) is 2.82. The molecule has 70 valence electrons. The van der Waals surface area contributed by atoms with Gasteiger partial charge in [-0.3, -0.25) is 0 Å². The molecule has 0 spiro atoms. The molecule has 0 atom stereocenters. The Bertz CT molecular complexity index is 272. The fraction of sp³-hybridized carbons (Fsp3) is 0.286. The van der Waals surface area contributed by atoms with Crippen molar-refractivity contribution in [2.24, 2.45) is 0 Å². The number of nitrogens with zero attached hydrogens (tertiary/aromatic N) is 1. The zero-order chi connectivity index (χ0) is 9.90. The van der Waals surface area contributed by atoms with Crippen LogP contribution in [0.1, 0.15) is 0 Å². The van der Waals surface area contributed by atoms with E-state index in [9.17, 15) is 0 Å². The summed E-state index contributed by atoms with van der Waals surface area (Å²) in [7, 11) is 1.24. The van der Waals surface area contributed by atoms with Gasteiger partial charge in [0.15, 0.2) is 13.5 Å². The van der Waals surface area contributed by atoms with E-state index in [1.165, 1.54) is 7.85 Å². The topological polar surface area (TPSA) is 62.6 Å². The highest BCUT2D eigenvalue weighted by atomic mass is 79.9. The van der Waals surface area contributed by atoms with Crippen molar-refractivity contribution in [3.63, 3.8) is 0 Å². The van der Waals surface area contributed by atoms with Crippen molar-refractivity contribution >= 4 is 23.8 Å². The molecule has 0 fully saturated rings. The SMILES string of the molecule is BC(O)(O)COc1ccc(Br)cn1. The van der Waals surface area contributed by atoms with Gasteiger partial charge in [-0.25, -0.2) is 4.98 Å². The van der Waals surface area contributed by atoms with Gasteiger partial charge in [0.05, 0.1) is 0 Å². The molecule has 0 aromatic carbocycles. The van der Waals surface area contributed by atoms with Crippen molar-refractivity contribution in [1.29, 1.82) is 0 Å². The Morgan fingerprint density at radius 2 is 2.23 bits per heavy atom. The van der Waals surface area contributed by atoms with Crippen molar-refractivity contribution in [2.45, 2.75) is 5.69 Å². The van der Waals surface area contributed by atoms with Gasteiger partial charge >= 0.3 is 0 Å². The Morgan fingerprint density at radius 1 is 1.54 bits per heavy atom. The van der Waals surface area contributed by atoms with Gasteiger partial charge in [-0.05, 0) is 22.0 Å². The molecule has 4 nitrogen and oxygen atoms in total. The Morgan fingerprint density at radius 3 is 2.69 bits per heavy atom. The largest absolute Gasteiger partial charge is 0.473 e. The maximum absolute atomic E-state index is 8.93. The predicted octanol–water partition coefficient (Wildman–Crippen LogP) is -0.506. The molecule has 0 saturated heterocycles. The zero-order valence-electron chi connectivity index (χ0n) is 7.07. The van der Waals surface area contributed by atoms with E-state index in [0.29, 0.717) is 5.88 Å². The van der Waals surface area contributed by atoms with Gasteiger partial charge in [-0.1, -0.05) is 0 Å². The van der Waals surface area contributed by atoms with E-state index in [0.717, 1.165) is 4.47 Å². The normalized spacial score (nSPS) is 11.3. The molecule has 0 aliphatic rings. The molecular formula is C7H9BBrNO3. The second kappa shape index (κ2) is 4.08. The summed E-state index contributed by atoms with van der Waals surface area (Å²) in [6.07, 6.45) is 1.57. The summed E-state index contributed by atoms with van der Waals surface area (Å²) in [5.41, 5.74) is -1.82. The van der Waals surface area contributed by atoms with Crippen molar-refractivity contribution < 1.29 is 14.9 Å². The third-order valence-corrected chi connectivity index (χ3v) is 1.66. The number of aromatic nitrogens is 1. The van der Waals surface area contributed by atoms with E-state index in [1.807, 2.05) is 0 Å². The summed E-state index contributed by atoms with van der Waals surface area (Å²) in [5.74, 6) is 0.359. The number of hydrogen-bond acceptors (Lipinski definition) is 4. The standard InChI is InChI=1S/C7H9BBrNO3/c8-7(11,12)4-13-6-2-1-5(9)3-10-6/h1-3,11-12H,4,8H2. The molecule has 0 aliphatic heterocycles. The summed E-state index contributed by atoms with van der Waals surface area (Å²) < 4.78 is 5.84. The fourth-order valence-corrected chi connectivity index (χ4v) is 0.893. The van der Waals surface area contributed by atoms with Crippen LogP contribution in [0.3, 0.4) is 0 Å². The molecule has 1 aromatic rings. The molecule has 0 amide bonds. The molecule has 0 aliphatic carbocycles. The van der Waals surface area contributed by atoms with E-state index in [2.05, 4.69) is 20.9 Å². The van der Waals surface area contributed by atoms with Crippen molar-refractivity contribution in [2.75, 3.05) is 6.61 Å². The summed E-state index contributed by atoms with van der Waals surface area (Å²) in [6.45, 7) is -0.207. The van der Waals surface area contributed by atoms with Crippen LogP contribution in [0.15, 0.2) is 22.8 Å². The summed E-state index contributed by atoms with van der Waals surface area (Å²) in [4.78, 5) is 3.89. The summed E-state index contributed by atoms with van der Waals surface area (Å²) in [6, 6.07) is 3.39. The van der Waals surface area contributed by atoms with Gasteiger partial charge in [0, 0.05) is 16.7 Å². The number of pyridine rings is 1. The van der Waals surface area contributed by atoms with Crippen LogP contribution in [0.2, 0.25) is 0 Å².